The van der Waals surface area contributed by atoms with Crippen LogP contribution in [0.1, 0.15) is 39.0 Å². The van der Waals surface area contributed by atoms with Crippen LogP contribution in [0.25, 0.3) is 0 Å². The smallest absolute Gasteiger partial charge is 0.191 e. The average Bonchev–Trinajstić information content (AvgIpc) is 2.61. The number of hydrogen-bond donors (Lipinski definition) is 2. The fraction of sp³-hybridized carbons (Fsp3) is 0.611. The summed E-state index contributed by atoms with van der Waals surface area (Å²) < 4.78 is 38.2. The molecule has 0 bridgehead atoms. The SMILES string of the molecule is CCC1CCCC(NC(=NC)NCCS(=O)(=O)c2ccccc2F)C1.I. The van der Waals surface area contributed by atoms with E-state index in [1.54, 1.807) is 7.05 Å². The molecule has 0 spiro atoms. The Morgan fingerprint density at radius 3 is 2.69 bits per heavy atom. The van der Waals surface area contributed by atoms with Gasteiger partial charge in [-0.2, -0.15) is 0 Å². The number of sulfone groups is 1. The summed E-state index contributed by atoms with van der Waals surface area (Å²) in [5.41, 5.74) is 0. The van der Waals surface area contributed by atoms with Crippen molar-refractivity contribution < 1.29 is 12.8 Å². The van der Waals surface area contributed by atoms with Crippen molar-refractivity contribution in [3.63, 3.8) is 0 Å². The minimum absolute atomic E-state index is 0. The average molecular weight is 497 g/mol. The number of nitrogens with zero attached hydrogens (tertiary/aromatic N) is 1. The van der Waals surface area contributed by atoms with E-state index in [1.165, 1.54) is 37.5 Å². The molecule has 2 unspecified atom stereocenters. The van der Waals surface area contributed by atoms with Gasteiger partial charge >= 0.3 is 0 Å². The quantitative estimate of drug-likeness (QED) is 0.360. The summed E-state index contributed by atoms with van der Waals surface area (Å²) in [4.78, 5) is 3.92. The number of halogens is 2. The lowest BCUT2D eigenvalue weighted by Gasteiger charge is -2.30. The Labute approximate surface area is 173 Å². The van der Waals surface area contributed by atoms with E-state index < -0.39 is 15.7 Å². The Morgan fingerprint density at radius 1 is 1.31 bits per heavy atom. The first-order valence-electron chi connectivity index (χ1n) is 8.90. The lowest BCUT2D eigenvalue weighted by molar-refractivity contribution is 0.298. The molecule has 2 N–H and O–H groups in total. The molecule has 0 aliphatic heterocycles. The Kier molecular flexibility index (Phi) is 9.84. The molecule has 1 fully saturated rings. The highest BCUT2D eigenvalue weighted by atomic mass is 127. The molecule has 26 heavy (non-hydrogen) atoms. The molecule has 2 atom stereocenters. The van der Waals surface area contributed by atoms with Crippen molar-refractivity contribution in [2.45, 2.75) is 50.0 Å². The molecule has 0 radical (unpaired) electrons. The largest absolute Gasteiger partial charge is 0.355 e. The van der Waals surface area contributed by atoms with Gasteiger partial charge in [-0.05, 0) is 30.9 Å². The van der Waals surface area contributed by atoms with Gasteiger partial charge in [-0.25, -0.2) is 12.8 Å². The standard InChI is InChI=1S/C18H28FN3O2S.HI/c1-3-14-7-6-8-15(13-14)22-18(20-2)21-11-12-25(23,24)17-10-5-4-9-16(17)19;/h4-5,9-10,14-15H,3,6-8,11-13H2,1-2H3,(H2,20,21,22);1H. The Morgan fingerprint density at radius 2 is 2.04 bits per heavy atom. The van der Waals surface area contributed by atoms with Gasteiger partial charge in [-0.1, -0.05) is 38.3 Å². The van der Waals surface area contributed by atoms with Crippen LogP contribution in [0.4, 0.5) is 4.39 Å². The second-order valence-corrected chi connectivity index (χ2v) is 8.61. The Hall–Kier alpha value is -0.900. The molecule has 0 aromatic heterocycles. The highest BCUT2D eigenvalue weighted by molar-refractivity contribution is 14.0. The number of rotatable bonds is 6. The van der Waals surface area contributed by atoms with Crippen molar-refractivity contribution in [3.05, 3.63) is 30.1 Å². The summed E-state index contributed by atoms with van der Waals surface area (Å²) in [6, 6.07) is 5.83. The first-order chi connectivity index (χ1) is 12.0. The number of nitrogens with one attached hydrogen (secondary N) is 2. The number of hydrogen-bond acceptors (Lipinski definition) is 3. The van der Waals surface area contributed by atoms with Gasteiger partial charge in [-0.15, -0.1) is 24.0 Å². The molecule has 1 saturated carbocycles. The minimum atomic E-state index is -3.66. The predicted molar refractivity (Wildman–Crippen MR) is 114 cm³/mol. The summed E-state index contributed by atoms with van der Waals surface area (Å²) in [5.74, 6) is 0.450. The van der Waals surface area contributed by atoms with E-state index in [0.29, 0.717) is 12.0 Å². The van der Waals surface area contributed by atoms with E-state index in [4.69, 9.17) is 0 Å². The summed E-state index contributed by atoms with van der Waals surface area (Å²) >= 11 is 0. The van der Waals surface area contributed by atoms with Crippen LogP contribution in [0.3, 0.4) is 0 Å². The highest BCUT2D eigenvalue weighted by Gasteiger charge is 2.22. The van der Waals surface area contributed by atoms with Gasteiger partial charge in [-0.3, -0.25) is 4.99 Å². The van der Waals surface area contributed by atoms with E-state index in [9.17, 15) is 12.8 Å². The molecule has 8 heteroatoms. The van der Waals surface area contributed by atoms with E-state index in [1.807, 2.05) is 0 Å². The summed E-state index contributed by atoms with van der Waals surface area (Å²) in [6.07, 6.45) is 5.89. The molecule has 0 heterocycles. The fourth-order valence-corrected chi connectivity index (χ4v) is 4.53. The van der Waals surface area contributed by atoms with Gasteiger partial charge in [0.15, 0.2) is 15.8 Å². The third-order valence-electron chi connectivity index (χ3n) is 4.76. The lowest BCUT2D eigenvalue weighted by atomic mass is 9.84. The van der Waals surface area contributed by atoms with Crippen molar-refractivity contribution in [1.82, 2.24) is 10.6 Å². The predicted octanol–water partition coefficient (Wildman–Crippen LogP) is 3.35. The maximum absolute atomic E-state index is 13.7. The maximum Gasteiger partial charge on any atom is 0.191 e. The molecule has 148 valence electrons. The molecule has 1 aliphatic rings. The summed E-state index contributed by atoms with van der Waals surface area (Å²) in [7, 11) is -1.99. The van der Waals surface area contributed by atoms with E-state index in [0.717, 1.165) is 24.8 Å². The van der Waals surface area contributed by atoms with Crippen molar-refractivity contribution in [3.8, 4) is 0 Å². The van der Waals surface area contributed by atoms with Crippen molar-refractivity contribution in [2.75, 3.05) is 19.3 Å². The number of guanidine groups is 1. The van der Waals surface area contributed by atoms with Crippen LogP contribution in [-0.2, 0) is 9.84 Å². The van der Waals surface area contributed by atoms with Gasteiger partial charge < -0.3 is 10.6 Å². The van der Waals surface area contributed by atoms with Gasteiger partial charge in [0.05, 0.1) is 5.75 Å². The van der Waals surface area contributed by atoms with Gasteiger partial charge in [0.1, 0.15) is 10.7 Å². The van der Waals surface area contributed by atoms with Crippen molar-refractivity contribution >= 4 is 39.8 Å². The molecule has 5 nitrogen and oxygen atoms in total. The molecular weight excluding hydrogens is 468 g/mol. The normalized spacial score (nSPS) is 21.0. The maximum atomic E-state index is 13.7. The van der Waals surface area contributed by atoms with Gasteiger partial charge in [0.2, 0.25) is 0 Å². The van der Waals surface area contributed by atoms with Gasteiger partial charge in [0.25, 0.3) is 0 Å². The number of benzene rings is 1. The summed E-state index contributed by atoms with van der Waals surface area (Å²) in [5, 5.41) is 6.41. The second kappa shape index (κ2) is 11.1. The second-order valence-electron chi connectivity index (χ2n) is 6.53. The molecular formula is C18H29FIN3O2S. The van der Waals surface area contributed by atoms with Crippen molar-refractivity contribution in [1.29, 1.82) is 0 Å². The van der Waals surface area contributed by atoms with Crippen molar-refractivity contribution in [2.24, 2.45) is 10.9 Å². The zero-order valence-electron chi connectivity index (χ0n) is 15.4. The molecule has 0 saturated heterocycles. The topological polar surface area (TPSA) is 70.6 Å². The fourth-order valence-electron chi connectivity index (χ4n) is 3.29. The van der Waals surface area contributed by atoms with Crippen LogP contribution in [0.2, 0.25) is 0 Å². The van der Waals surface area contributed by atoms with E-state index in [-0.39, 0.29) is 41.2 Å². The van der Waals surface area contributed by atoms with E-state index >= 15 is 0 Å². The van der Waals surface area contributed by atoms with Crippen LogP contribution in [-0.4, -0.2) is 39.8 Å². The molecule has 1 aliphatic carbocycles. The lowest BCUT2D eigenvalue weighted by Crippen LogP contribution is -2.46. The monoisotopic (exact) mass is 497 g/mol. The van der Waals surface area contributed by atoms with Crippen LogP contribution in [0, 0.1) is 11.7 Å². The highest BCUT2D eigenvalue weighted by Crippen LogP contribution is 2.26. The van der Waals surface area contributed by atoms with Crippen LogP contribution in [0.5, 0.6) is 0 Å². The van der Waals surface area contributed by atoms with E-state index in [2.05, 4.69) is 22.5 Å². The Bertz CT molecular complexity index is 697. The first kappa shape index (κ1) is 23.1. The Balaban J connectivity index is 0.00000338. The third-order valence-corrected chi connectivity index (χ3v) is 6.50. The summed E-state index contributed by atoms with van der Waals surface area (Å²) in [6.45, 7) is 2.40. The van der Waals surface area contributed by atoms with Crippen LogP contribution in [0.15, 0.2) is 34.2 Å². The van der Waals surface area contributed by atoms with Gasteiger partial charge in [0, 0.05) is 19.6 Å². The molecule has 2 rings (SSSR count). The number of aliphatic imine (C=N–C) groups is 1. The third kappa shape index (κ3) is 6.68. The zero-order chi connectivity index (χ0) is 18.3. The zero-order valence-corrected chi connectivity index (χ0v) is 18.5. The van der Waals surface area contributed by atoms with Crippen LogP contribution >= 0.6 is 24.0 Å². The van der Waals surface area contributed by atoms with Crippen LogP contribution < -0.4 is 10.6 Å². The first-order valence-corrected chi connectivity index (χ1v) is 10.6. The molecule has 0 amide bonds. The minimum Gasteiger partial charge on any atom is -0.355 e. The molecule has 1 aromatic carbocycles. The molecule has 1 aromatic rings.